The fourth-order valence-electron chi connectivity index (χ4n) is 2.29. The number of piperidine rings is 1. The molecule has 4 heteroatoms. The number of hydrogen-bond acceptors (Lipinski definition) is 3. The van der Waals surface area contributed by atoms with Crippen molar-refractivity contribution in [3.05, 3.63) is 24.4 Å². The van der Waals surface area contributed by atoms with Crippen LogP contribution in [0.25, 0.3) is 10.9 Å². The third-order valence-electron chi connectivity index (χ3n) is 3.30. The third-order valence-corrected chi connectivity index (χ3v) is 3.30. The summed E-state index contributed by atoms with van der Waals surface area (Å²) in [5.74, 6) is 1.58. The summed E-state index contributed by atoms with van der Waals surface area (Å²) >= 11 is 0. The Morgan fingerprint density at radius 2 is 2.41 bits per heavy atom. The lowest BCUT2D eigenvalue weighted by Gasteiger charge is -2.22. The Balaban J connectivity index is 1.63. The van der Waals surface area contributed by atoms with Crippen molar-refractivity contribution in [1.82, 2.24) is 15.5 Å². The van der Waals surface area contributed by atoms with E-state index in [4.69, 9.17) is 4.74 Å². The summed E-state index contributed by atoms with van der Waals surface area (Å²) in [7, 11) is 0. The van der Waals surface area contributed by atoms with Gasteiger partial charge in [-0.25, -0.2) is 0 Å². The zero-order valence-corrected chi connectivity index (χ0v) is 9.78. The molecule has 1 unspecified atom stereocenters. The number of aromatic amines is 1. The summed E-state index contributed by atoms with van der Waals surface area (Å²) in [5.41, 5.74) is 1.05. The van der Waals surface area contributed by atoms with Crippen molar-refractivity contribution in [3.8, 4) is 5.75 Å². The zero-order valence-electron chi connectivity index (χ0n) is 9.78. The number of aromatic nitrogens is 2. The summed E-state index contributed by atoms with van der Waals surface area (Å²) in [6.07, 6.45) is 4.35. The van der Waals surface area contributed by atoms with Gasteiger partial charge in [-0.05, 0) is 37.6 Å². The van der Waals surface area contributed by atoms with Crippen LogP contribution in [0.5, 0.6) is 5.75 Å². The highest BCUT2D eigenvalue weighted by molar-refractivity contribution is 5.79. The lowest BCUT2D eigenvalue weighted by molar-refractivity contribution is 0.218. The van der Waals surface area contributed by atoms with Crippen LogP contribution in [0.4, 0.5) is 0 Å². The number of rotatable bonds is 3. The molecule has 0 bridgehead atoms. The molecule has 1 aromatic carbocycles. The molecular formula is C13H17N3O. The van der Waals surface area contributed by atoms with Crippen LogP contribution < -0.4 is 10.1 Å². The first kappa shape index (κ1) is 10.6. The van der Waals surface area contributed by atoms with E-state index in [1.807, 2.05) is 24.4 Å². The Kier molecular flexibility index (Phi) is 2.96. The van der Waals surface area contributed by atoms with Gasteiger partial charge in [-0.2, -0.15) is 5.10 Å². The van der Waals surface area contributed by atoms with Gasteiger partial charge in [0.1, 0.15) is 5.75 Å². The predicted octanol–water partition coefficient (Wildman–Crippen LogP) is 1.94. The van der Waals surface area contributed by atoms with Crippen molar-refractivity contribution in [2.45, 2.75) is 12.8 Å². The van der Waals surface area contributed by atoms with Gasteiger partial charge >= 0.3 is 0 Å². The van der Waals surface area contributed by atoms with Gasteiger partial charge in [0.25, 0.3) is 0 Å². The summed E-state index contributed by atoms with van der Waals surface area (Å²) in [4.78, 5) is 0. The van der Waals surface area contributed by atoms with E-state index in [9.17, 15) is 0 Å². The smallest absolute Gasteiger partial charge is 0.120 e. The molecule has 2 N–H and O–H groups in total. The standard InChI is InChI=1S/C13H17N3O/c1-2-10(7-14-5-1)9-17-12-3-4-13-11(6-12)8-15-16-13/h3-4,6,8,10,14H,1-2,5,7,9H2,(H,15,16). The van der Waals surface area contributed by atoms with Gasteiger partial charge in [0, 0.05) is 17.8 Å². The fraction of sp³-hybridized carbons (Fsp3) is 0.462. The maximum atomic E-state index is 5.84. The van der Waals surface area contributed by atoms with Crippen molar-refractivity contribution >= 4 is 10.9 Å². The minimum Gasteiger partial charge on any atom is -0.493 e. The molecule has 2 heterocycles. The van der Waals surface area contributed by atoms with E-state index in [0.717, 1.165) is 36.3 Å². The second-order valence-corrected chi connectivity index (χ2v) is 4.64. The van der Waals surface area contributed by atoms with Crippen molar-refractivity contribution < 1.29 is 4.74 Å². The molecule has 2 aromatic rings. The Labute approximate surface area is 100 Å². The molecule has 1 atom stereocenters. The molecule has 0 aliphatic carbocycles. The van der Waals surface area contributed by atoms with Crippen LogP contribution in [-0.4, -0.2) is 29.9 Å². The van der Waals surface area contributed by atoms with Gasteiger partial charge in [-0.3, -0.25) is 5.10 Å². The number of nitrogens with zero attached hydrogens (tertiary/aromatic N) is 1. The van der Waals surface area contributed by atoms with E-state index in [1.165, 1.54) is 12.8 Å². The molecule has 1 aromatic heterocycles. The van der Waals surface area contributed by atoms with Crippen molar-refractivity contribution in [3.63, 3.8) is 0 Å². The molecular weight excluding hydrogens is 214 g/mol. The minimum atomic E-state index is 0.642. The van der Waals surface area contributed by atoms with Crippen LogP contribution in [0.3, 0.4) is 0 Å². The molecule has 4 nitrogen and oxygen atoms in total. The van der Waals surface area contributed by atoms with E-state index in [2.05, 4.69) is 15.5 Å². The SMILES string of the molecule is c1cc2[nH]ncc2cc1OCC1CCCNC1. The molecule has 3 rings (SSSR count). The first-order valence-corrected chi connectivity index (χ1v) is 6.18. The van der Waals surface area contributed by atoms with E-state index in [0.29, 0.717) is 5.92 Å². The second kappa shape index (κ2) is 4.75. The van der Waals surface area contributed by atoms with Gasteiger partial charge in [0.05, 0.1) is 18.3 Å². The highest BCUT2D eigenvalue weighted by Gasteiger charge is 2.13. The summed E-state index contributed by atoms with van der Waals surface area (Å²) in [5, 5.41) is 11.4. The quantitative estimate of drug-likeness (QED) is 0.848. The number of fused-ring (bicyclic) bond motifs is 1. The van der Waals surface area contributed by atoms with E-state index in [1.54, 1.807) is 0 Å². The van der Waals surface area contributed by atoms with Gasteiger partial charge in [0.2, 0.25) is 0 Å². The molecule has 1 fully saturated rings. The minimum absolute atomic E-state index is 0.642. The van der Waals surface area contributed by atoms with Crippen LogP contribution in [0.1, 0.15) is 12.8 Å². The molecule has 1 aliphatic heterocycles. The maximum Gasteiger partial charge on any atom is 0.120 e. The van der Waals surface area contributed by atoms with Crippen LogP contribution in [-0.2, 0) is 0 Å². The van der Waals surface area contributed by atoms with Gasteiger partial charge < -0.3 is 10.1 Å². The first-order chi connectivity index (χ1) is 8.42. The van der Waals surface area contributed by atoms with Crippen molar-refractivity contribution in [2.24, 2.45) is 5.92 Å². The van der Waals surface area contributed by atoms with Crippen LogP contribution in [0.15, 0.2) is 24.4 Å². The number of ether oxygens (including phenoxy) is 1. The van der Waals surface area contributed by atoms with E-state index in [-0.39, 0.29) is 0 Å². The summed E-state index contributed by atoms with van der Waals surface area (Å²) in [6.45, 7) is 3.03. The summed E-state index contributed by atoms with van der Waals surface area (Å²) < 4.78 is 5.84. The van der Waals surface area contributed by atoms with Crippen LogP contribution >= 0.6 is 0 Å². The van der Waals surface area contributed by atoms with Gasteiger partial charge in [-0.15, -0.1) is 0 Å². The van der Waals surface area contributed by atoms with Gasteiger partial charge in [-0.1, -0.05) is 0 Å². The number of nitrogens with one attached hydrogen (secondary N) is 2. The van der Waals surface area contributed by atoms with Crippen molar-refractivity contribution in [2.75, 3.05) is 19.7 Å². The third kappa shape index (κ3) is 2.42. The highest BCUT2D eigenvalue weighted by Crippen LogP contribution is 2.20. The van der Waals surface area contributed by atoms with Gasteiger partial charge in [0.15, 0.2) is 0 Å². The normalized spacial score (nSPS) is 20.6. The number of H-pyrrole nitrogens is 1. The molecule has 90 valence electrons. The Morgan fingerprint density at radius 3 is 3.29 bits per heavy atom. The Bertz CT molecular complexity index is 488. The summed E-state index contributed by atoms with van der Waals surface area (Å²) in [6, 6.07) is 6.04. The lowest BCUT2D eigenvalue weighted by Crippen LogP contribution is -2.33. The molecule has 0 radical (unpaired) electrons. The zero-order chi connectivity index (χ0) is 11.5. The van der Waals surface area contributed by atoms with E-state index < -0.39 is 0 Å². The predicted molar refractivity (Wildman–Crippen MR) is 67.2 cm³/mol. The van der Waals surface area contributed by atoms with Crippen LogP contribution in [0.2, 0.25) is 0 Å². The average molecular weight is 231 g/mol. The molecule has 1 aliphatic rings. The Hall–Kier alpha value is -1.55. The fourth-order valence-corrected chi connectivity index (χ4v) is 2.29. The number of benzene rings is 1. The largest absolute Gasteiger partial charge is 0.493 e. The molecule has 0 amide bonds. The van der Waals surface area contributed by atoms with Crippen LogP contribution in [0, 0.1) is 5.92 Å². The molecule has 0 saturated carbocycles. The Morgan fingerprint density at radius 1 is 1.41 bits per heavy atom. The van der Waals surface area contributed by atoms with E-state index >= 15 is 0 Å². The average Bonchev–Trinajstić information content (AvgIpc) is 2.85. The molecule has 0 spiro atoms. The molecule has 1 saturated heterocycles. The lowest BCUT2D eigenvalue weighted by atomic mass is 10.0. The maximum absolute atomic E-state index is 5.84. The topological polar surface area (TPSA) is 49.9 Å². The second-order valence-electron chi connectivity index (χ2n) is 4.64. The first-order valence-electron chi connectivity index (χ1n) is 6.18. The molecule has 17 heavy (non-hydrogen) atoms. The van der Waals surface area contributed by atoms with Crippen molar-refractivity contribution in [1.29, 1.82) is 0 Å². The highest BCUT2D eigenvalue weighted by atomic mass is 16.5. The number of hydrogen-bond donors (Lipinski definition) is 2. The monoisotopic (exact) mass is 231 g/mol.